The van der Waals surface area contributed by atoms with Crippen molar-refractivity contribution >= 4 is 29.5 Å². The first-order valence-corrected chi connectivity index (χ1v) is 8.48. The zero-order chi connectivity index (χ0) is 18.5. The molecule has 2 N–H and O–H groups in total. The molecule has 5 nitrogen and oxygen atoms in total. The highest BCUT2D eigenvalue weighted by atomic mass is 16.2. The van der Waals surface area contributed by atoms with E-state index in [0.717, 1.165) is 11.1 Å². The van der Waals surface area contributed by atoms with Crippen LogP contribution in [0.3, 0.4) is 0 Å². The van der Waals surface area contributed by atoms with Crippen molar-refractivity contribution in [2.45, 2.75) is 19.8 Å². The number of carbonyl (C=O) groups is 3. The van der Waals surface area contributed by atoms with E-state index < -0.39 is 0 Å². The Labute approximate surface area is 152 Å². The molecule has 1 saturated heterocycles. The molecule has 3 rings (SSSR count). The van der Waals surface area contributed by atoms with Crippen LogP contribution in [-0.2, 0) is 20.8 Å². The first-order valence-electron chi connectivity index (χ1n) is 8.48. The van der Waals surface area contributed by atoms with E-state index >= 15 is 0 Å². The summed E-state index contributed by atoms with van der Waals surface area (Å²) < 4.78 is 0. The van der Waals surface area contributed by atoms with Gasteiger partial charge in [0.25, 0.3) is 0 Å². The molecule has 3 amide bonds. The monoisotopic (exact) mass is 348 g/mol. The molecule has 0 bridgehead atoms. The first-order chi connectivity index (χ1) is 12.5. The minimum absolute atomic E-state index is 0.209. The van der Waals surface area contributed by atoms with Gasteiger partial charge in [-0.1, -0.05) is 42.0 Å². The summed E-state index contributed by atoms with van der Waals surface area (Å²) in [7, 11) is 0. The quantitative estimate of drug-likeness (QED) is 0.644. The average molecular weight is 348 g/mol. The number of rotatable bonds is 5. The standard InChI is InChI=1S/C21H20N2O3/c1-14-2-4-15(5-3-14)8-11-19(24)22-18-9-6-16(7-10-18)12-17-13-20(25)23-21(17)26/h2-11,17H,12-13H2,1H3,(H,22,24)(H,23,25,26)/b11-8+. The minimum atomic E-state index is -0.305. The van der Waals surface area contributed by atoms with Gasteiger partial charge in [-0.3, -0.25) is 19.7 Å². The molecule has 2 aromatic rings. The lowest BCUT2D eigenvalue weighted by molar-refractivity contribution is -0.125. The molecule has 0 saturated carbocycles. The molecule has 0 aromatic heterocycles. The van der Waals surface area contributed by atoms with Crippen LogP contribution in [0.5, 0.6) is 0 Å². The van der Waals surface area contributed by atoms with E-state index in [4.69, 9.17) is 0 Å². The van der Waals surface area contributed by atoms with Gasteiger partial charge in [-0.05, 0) is 42.7 Å². The smallest absolute Gasteiger partial charge is 0.248 e. The number of nitrogens with one attached hydrogen (secondary N) is 2. The van der Waals surface area contributed by atoms with Gasteiger partial charge in [-0.2, -0.15) is 0 Å². The van der Waals surface area contributed by atoms with Crippen molar-refractivity contribution < 1.29 is 14.4 Å². The van der Waals surface area contributed by atoms with E-state index in [2.05, 4.69) is 10.6 Å². The van der Waals surface area contributed by atoms with E-state index in [1.807, 2.05) is 43.3 Å². The van der Waals surface area contributed by atoms with E-state index in [9.17, 15) is 14.4 Å². The van der Waals surface area contributed by atoms with Crippen molar-refractivity contribution in [1.29, 1.82) is 0 Å². The summed E-state index contributed by atoms with van der Waals surface area (Å²) in [6, 6.07) is 15.2. The Morgan fingerprint density at radius 1 is 1.12 bits per heavy atom. The molecule has 1 unspecified atom stereocenters. The lowest BCUT2D eigenvalue weighted by atomic mass is 9.98. The Balaban J connectivity index is 1.55. The highest BCUT2D eigenvalue weighted by Crippen LogP contribution is 2.19. The third kappa shape index (κ3) is 4.66. The maximum atomic E-state index is 12.0. The topological polar surface area (TPSA) is 75.3 Å². The molecular formula is C21H20N2O3. The number of aryl methyl sites for hydroxylation is 1. The zero-order valence-electron chi connectivity index (χ0n) is 14.5. The van der Waals surface area contributed by atoms with Crippen molar-refractivity contribution in [3.8, 4) is 0 Å². The Bertz CT molecular complexity index is 852. The van der Waals surface area contributed by atoms with Crippen LogP contribution in [0.2, 0.25) is 0 Å². The van der Waals surface area contributed by atoms with Crippen LogP contribution >= 0.6 is 0 Å². The normalized spacial score (nSPS) is 16.7. The second-order valence-electron chi connectivity index (χ2n) is 6.45. The summed E-state index contributed by atoms with van der Waals surface area (Å²) in [6.07, 6.45) is 4.01. The average Bonchev–Trinajstić information content (AvgIpc) is 2.93. The first kappa shape index (κ1) is 17.6. The van der Waals surface area contributed by atoms with E-state index in [0.29, 0.717) is 12.1 Å². The lowest BCUT2D eigenvalue weighted by Gasteiger charge is -2.07. The summed E-state index contributed by atoms with van der Waals surface area (Å²) in [5.74, 6) is -0.947. The Morgan fingerprint density at radius 3 is 2.42 bits per heavy atom. The van der Waals surface area contributed by atoms with Crippen LogP contribution < -0.4 is 10.6 Å². The van der Waals surface area contributed by atoms with Gasteiger partial charge in [0.2, 0.25) is 17.7 Å². The molecule has 5 heteroatoms. The van der Waals surface area contributed by atoms with Gasteiger partial charge in [0.15, 0.2) is 0 Å². The van der Waals surface area contributed by atoms with Crippen molar-refractivity contribution in [2.75, 3.05) is 5.32 Å². The number of imide groups is 1. The predicted octanol–water partition coefficient (Wildman–Crippen LogP) is 2.85. The lowest BCUT2D eigenvalue weighted by Crippen LogP contribution is -2.22. The SMILES string of the molecule is Cc1ccc(/C=C/C(=O)Nc2ccc(CC3CC(=O)NC3=O)cc2)cc1. The van der Waals surface area contributed by atoms with Crippen LogP contribution in [0.25, 0.3) is 6.08 Å². The number of amides is 3. The molecule has 132 valence electrons. The second-order valence-corrected chi connectivity index (χ2v) is 6.45. The Hall–Kier alpha value is -3.21. The number of carbonyl (C=O) groups excluding carboxylic acids is 3. The molecular weight excluding hydrogens is 328 g/mol. The zero-order valence-corrected chi connectivity index (χ0v) is 14.5. The summed E-state index contributed by atoms with van der Waals surface area (Å²) in [4.78, 5) is 34.8. The fourth-order valence-electron chi connectivity index (χ4n) is 2.81. The third-order valence-electron chi connectivity index (χ3n) is 4.27. The van der Waals surface area contributed by atoms with Gasteiger partial charge in [-0.15, -0.1) is 0 Å². The highest BCUT2D eigenvalue weighted by Gasteiger charge is 2.30. The van der Waals surface area contributed by atoms with Crippen molar-refractivity contribution in [2.24, 2.45) is 5.92 Å². The molecule has 26 heavy (non-hydrogen) atoms. The van der Waals surface area contributed by atoms with E-state index in [1.165, 1.54) is 11.6 Å². The molecule has 1 heterocycles. The summed E-state index contributed by atoms with van der Waals surface area (Å²) in [5, 5.41) is 5.11. The molecule has 0 spiro atoms. The predicted molar refractivity (Wildman–Crippen MR) is 100 cm³/mol. The second kappa shape index (κ2) is 7.78. The van der Waals surface area contributed by atoms with Crippen LogP contribution in [0.1, 0.15) is 23.1 Å². The summed E-state index contributed by atoms with van der Waals surface area (Å²) in [5.41, 5.74) is 3.77. The maximum Gasteiger partial charge on any atom is 0.248 e. The molecule has 0 aliphatic carbocycles. The van der Waals surface area contributed by atoms with Gasteiger partial charge in [0.05, 0.1) is 5.92 Å². The fraction of sp³-hybridized carbons (Fsp3) is 0.190. The van der Waals surface area contributed by atoms with Gasteiger partial charge >= 0.3 is 0 Å². The van der Waals surface area contributed by atoms with E-state index in [1.54, 1.807) is 18.2 Å². The van der Waals surface area contributed by atoms with Crippen LogP contribution in [0, 0.1) is 12.8 Å². The largest absolute Gasteiger partial charge is 0.323 e. The van der Waals surface area contributed by atoms with Gasteiger partial charge in [0.1, 0.15) is 0 Å². The number of hydrogen-bond acceptors (Lipinski definition) is 3. The van der Waals surface area contributed by atoms with Crippen molar-refractivity contribution in [3.05, 3.63) is 71.3 Å². The molecule has 1 atom stereocenters. The number of benzene rings is 2. The third-order valence-corrected chi connectivity index (χ3v) is 4.27. The number of anilines is 1. The van der Waals surface area contributed by atoms with Crippen LogP contribution in [-0.4, -0.2) is 17.7 Å². The van der Waals surface area contributed by atoms with Gasteiger partial charge in [-0.25, -0.2) is 0 Å². The summed E-state index contributed by atoms with van der Waals surface area (Å²) >= 11 is 0. The highest BCUT2D eigenvalue weighted by molar-refractivity contribution is 6.03. The Kier molecular flexibility index (Phi) is 5.27. The maximum absolute atomic E-state index is 12.0. The molecule has 1 aliphatic heterocycles. The van der Waals surface area contributed by atoms with Gasteiger partial charge in [0, 0.05) is 18.2 Å². The summed E-state index contributed by atoms with van der Waals surface area (Å²) in [6.45, 7) is 2.01. The van der Waals surface area contributed by atoms with Crippen LogP contribution in [0.4, 0.5) is 5.69 Å². The molecule has 0 radical (unpaired) electrons. The molecule has 1 aliphatic rings. The Morgan fingerprint density at radius 2 is 1.81 bits per heavy atom. The van der Waals surface area contributed by atoms with Crippen molar-refractivity contribution in [1.82, 2.24) is 5.32 Å². The minimum Gasteiger partial charge on any atom is -0.323 e. The van der Waals surface area contributed by atoms with Crippen molar-refractivity contribution in [3.63, 3.8) is 0 Å². The van der Waals surface area contributed by atoms with E-state index in [-0.39, 0.29) is 30.1 Å². The molecule has 1 fully saturated rings. The van der Waals surface area contributed by atoms with Gasteiger partial charge < -0.3 is 5.32 Å². The molecule has 2 aromatic carbocycles. The number of hydrogen-bond donors (Lipinski definition) is 2. The fourth-order valence-corrected chi connectivity index (χ4v) is 2.81. The van der Waals surface area contributed by atoms with Crippen LogP contribution in [0.15, 0.2) is 54.6 Å².